The minimum Gasteiger partial charge on any atom is -0.357 e. The van der Waals surface area contributed by atoms with Gasteiger partial charge >= 0.3 is 0 Å². The quantitative estimate of drug-likeness (QED) is 0.841. The maximum absolute atomic E-state index is 12.0. The van der Waals surface area contributed by atoms with Crippen LogP contribution in [0.5, 0.6) is 0 Å². The van der Waals surface area contributed by atoms with Gasteiger partial charge in [-0.25, -0.2) is 4.98 Å². The molecule has 1 amide bonds. The lowest BCUT2D eigenvalue weighted by Crippen LogP contribution is -2.25. The van der Waals surface area contributed by atoms with Crippen LogP contribution >= 0.6 is 0 Å². The average Bonchev–Trinajstić information content (AvgIpc) is 2.99. The molecule has 1 unspecified atom stereocenters. The molecule has 2 fully saturated rings. The largest absolute Gasteiger partial charge is 0.357 e. The Morgan fingerprint density at radius 3 is 2.75 bits per heavy atom. The zero-order chi connectivity index (χ0) is 16.6. The maximum atomic E-state index is 12.0. The molecule has 0 bridgehead atoms. The molecule has 0 radical (unpaired) electrons. The Kier molecular flexibility index (Phi) is 6.47. The predicted molar refractivity (Wildman–Crippen MR) is 97.0 cm³/mol. The SMILES string of the molecule is O=C(CCC1CCNC1)NCc1ccc(N2CCCCCC2)nc1. The van der Waals surface area contributed by atoms with E-state index in [4.69, 9.17) is 0 Å². The molecule has 1 atom stereocenters. The van der Waals surface area contributed by atoms with Crippen molar-refractivity contribution in [2.24, 2.45) is 5.92 Å². The van der Waals surface area contributed by atoms with Gasteiger partial charge in [-0.15, -0.1) is 0 Å². The number of hydrogen-bond acceptors (Lipinski definition) is 4. The molecule has 24 heavy (non-hydrogen) atoms. The van der Waals surface area contributed by atoms with E-state index in [9.17, 15) is 4.79 Å². The van der Waals surface area contributed by atoms with Gasteiger partial charge < -0.3 is 15.5 Å². The van der Waals surface area contributed by atoms with Crippen LogP contribution in [0.4, 0.5) is 5.82 Å². The van der Waals surface area contributed by atoms with Crippen molar-refractivity contribution >= 4 is 11.7 Å². The fourth-order valence-corrected chi connectivity index (χ4v) is 3.59. The topological polar surface area (TPSA) is 57.3 Å². The third kappa shape index (κ3) is 5.20. The second kappa shape index (κ2) is 9.02. The normalized spacial score (nSPS) is 21.5. The van der Waals surface area contributed by atoms with E-state index in [0.717, 1.165) is 44.0 Å². The lowest BCUT2D eigenvalue weighted by atomic mass is 10.0. The number of nitrogens with one attached hydrogen (secondary N) is 2. The van der Waals surface area contributed by atoms with Crippen molar-refractivity contribution in [2.45, 2.75) is 51.5 Å². The first-order chi connectivity index (χ1) is 11.8. The molecule has 5 nitrogen and oxygen atoms in total. The molecule has 2 N–H and O–H groups in total. The van der Waals surface area contributed by atoms with Gasteiger partial charge in [0, 0.05) is 32.3 Å². The second-order valence-corrected chi connectivity index (χ2v) is 7.10. The lowest BCUT2D eigenvalue weighted by Gasteiger charge is -2.21. The Morgan fingerprint density at radius 2 is 2.08 bits per heavy atom. The van der Waals surface area contributed by atoms with E-state index in [1.54, 1.807) is 0 Å². The van der Waals surface area contributed by atoms with Gasteiger partial charge in [0.15, 0.2) is 0 Å². The number of anilines is 1. The van der Waals surface area contributed by atoms with Crippen LogP contribution in [0.2, 0.25) is 0 Å². The summed E-state index contributed by atoms with van der Waals surface area (Å²) in [5, 5.41) is 6.37. The maximum Gasteiger partial charge on any atom is 0.220 e. The van der Waals surface area contributed by atoms with Crippen LogP contribution in [0, 0.1) is 5.92 Å². The van der Waals surface area contributed by atoms with Gasteiger partial charge in [-0.2, -0.15) is 0 Å². The van der Waals surface area contributed by atoms with Crippen molar-refractivity contribution in [1.29, 1.82) is 0 Å². The Bertz CT molecular complexity index is 503. The van der Waals surface area contributed by atoms with E-state index in [1.807, 2.05) is 6.20 Å². The standard InChI is InChI=1S/C19H30N4O/c24-19(8-6-16-9-10-20-13-16)22-15-17-5-7-18(21-14-17)23-11-3-1-2-4-12-23/h5,7,14,16,20H,1-4,6,8-13,15H2,(H,22,24). The summed E-state index contributed by atoms with van der Waals surface area (Å²) in [4.78, 5) is 18.9. The smallest absolute Gasteiger partial charge is 0.220 e. The van der Waals surface area contributed by atoms with E-state index >= 15 is 0 Å². The summed E-state index contributed by atoms with van der Waals surface area (Å²) in [7, 11) is 0. The Labute approximate surface area is 145 Å². The van der Waals surface area contributed by atoms with Gasteiger partial charge in [0.25, 0.3) is 0 Å². The molecule has 5 heteroatoms. The zero-order valence-electron chi connectivity index (χ0n) is 14.6. The number of hydrogen-bond donors (Lipinski definition) is 2. The first-order valence-electron chi connectivity index (χ1n) is 9.48. The highest BCUT2D eigenvalue weighted by Crippen LogP contribution is 2.17. The van der Waals surface area contributed by atoms with Gasteiger partial charge in [-0.05, 0) is 56.3 Å². The number of aromatic nitrogens is 1. The Morgan fingerprint density at radius 1 is 1.25 bits per heavy atom. The molecule has 1 aromatic heterocycles. The molecule has 2 aliphatic rings. The predicted octanol–water partition coefficient (Wildman–Crippen LogP) is 2.47. The van der Waals surface area contributed by atoms with Crippen LogP contribution < -0.4 is 15.5 Å². The molecule has 0 spiro atoms. The number of pyridine rings is 1. The number of nitrogens with zero attached hydrogens (tertiary/aromatic N) is 2. The third-order valence-corrected chi connectivity index (χ3v) is 5.17. The van der Waals surface area contributed by atoms with Gasteiger partial charge in [0.05, 0.1) is 0 Å². The van der Waals surface area contributed by atoms with Gasteiger partial charge in [-0.1, -0.05) is 18.9 Å². The molecule has 3 rings (SSSR count). The van der Waals surface area contributed by atoms with Crippen LogP contribution in [0.3, 0.4) is 0 Å². The summed E-state index contributed by atoms with van der Waals surface area (Å²) in [6.45, 7) is 4.96. The minimum absolute atomic E-state index is 0.151. The fourth-order valence-electron chi connectivity index (χ4n) is 3.59. The Hall–Kier alpha value is -1.62. The van der Waals surface area contributed by atoms with Crippen LogP contribution in [-0.4, -0.2) is 37.1 Å². The van der Waals surface area contributed by atoms with Crippen molar-refractivity contribution in [1.82, 2.24) is 15.6 Å². The van der Waals surface area contributed by atoms with Crippen molar-refractivity contribution in [3.05, 3.63) is 23.9 Å². The van der Waals surface area contributed by atoms with Crippen molar-refractivity contribution < 1.29 is 4.79 Å². The highest BCUT2D eigenvalue weighted by Gasteiger charge is 2.15. The van der Waals surface area contributed by atoms with Crippen molar-refractivity contribution in [2.75, 3.05) is 31.1 Å². The minimum atomic E-state index is 0.151. The number of amides is 1. The summed E-state index contributed by atoms with van der Waals surface area (Å²) in [6.07, 6.45) is 9.91. The van der Waals surface area contributed by atoms with Crippen LogP contribution in [-0.2, 0) is 11.3 Å². The first-order valence-corrected chi connectivity index (χ1v) is 9.48. The van der Waals surface area contributed by atoms with Crippen LogP contribution in [0.15, 0.2) is 18.3 Å². The lowest BCUT2D eigenvalue weighted by molar-refractivity contribution is -0.121. The van der Waals surface area contributed by atoms with Crippen molar-refractivity contribution in [3.63, 3.8) is 0 Å². The zero-order valence-corrected chi connectivity index (χ0v) is 14.6. The number of carbonyl (C=O) groups excluding carboxylic acids is 1. The molecule has 0 saturated carbocycles. The highest BCUT2D eigenvalue weighted by atomic mass is 16.1. The van der Waals surface area contributed by atoms with E-state index in [1.165, 1.54) is 32.1 Å². The molecule has 2 aliphatic heterocycles. The van der Waals surface area contributed by atoms with Crippen LogP contribution in [0.25, 0.3) is 0 Å². The van der Waals surface area contributed by atoms with Crippen molar-refractivity contribution in [3.8, 4) is 0 Å². The molecule has 3 heterocycles. The van der Waals surface area contributed by atoms with Gasteiger partial charge in [0.1, 0.15) is 5.82 Å². The third-order valence-electron chi connectivity index (χ3n) is 5.17. The highest BCUT2D eigenvalue weighted by molar-refractivity contribution is 5.75. The van der Waals surface area contributed by atoms with Crippen LogP contribution in [0.1, 0.15) is 50.5 Å². The molecular weight excluding hydrogens is 300 g/mol. The molecule has 2 saturated heterocycles. The van der Waals surface area contributed by atoms with Gasteiger partial charge in [-0.3, -0.25) is 4.79 Å². The van der Waals surface area contributed by atoms with E-state index in [2.05, 4.69) is 32.7 Å². The van der Waals surface area contributed by atoms with E-state index in [-0.39, 0.29) is 5.91 Å². The molecule has 1 aromatic rings. The van der Waals surface area contributed by atoms with E-state index in [0.29, 0.717) is 18.9 Å². The summed E-state index contributed by atoms with van der Waals surface area (Å²) in [6, 6.07) is 4.19. The average molecular weight is 330 g/mol. The Balaban J connectivity index is 1.41. The molecule has 0 aliphatic carbocycles. The fraction of sp³-hybridized carbons (Fsp3) is 0.684. The molecular formula is C19H30N4O. The molecule has 0 aromatic carbocycles. The second-order valence-electron chi connectivity index (χ2n) is 7.10. The first kappa shape index (κ1) is 17.2. The number of carbonyl (C=O) groups is 1. The summed E-state index contributed by atoms with van der Waals surface area (Å²) < 4.78 is 0. The number of rotatable bonds is 6. The summed E-state index contributed by atoms with van der Waals surface area (Å²) in [5.74, 6) is 1.89. The summed E-state index contributed by atoms with van der Waals surface area (Å²) in [5.41, 5.74) is 1.07. The van der Waals surface area contributed by atoms with E-state index < -0.39 is 0 Å². The monoisotopic (exact) mass is 330 g/mol. The molecule has 132 valence electrons. The van der Waals surface area contributed by atoms with Gasteiger partial charge in [0.2, 0.25) is 5.91 Å². The summed E-state index contributed by atoms with van der Waals surface area (Å²) >= 11 is 0.